The zero-order chi connectivity index (χ0) is 13.5. The molecular formula is C14H15BrClNO. The van der Waals surface area contributed by atoms with Crippen LogP contribution in [0.3, 0.4) is 0 Å². The molecule has 0 spiro atoms. The molecule has 0 aliphatic carbocycles. The van der Waals surface area contributed by atoms with Crippen LogP contribution < -0.4 is 5.32 Å². The quantitative estimate of drug-likeness (QED) is 0.624. The van der Waals surface area contributed by atoms with E-state index in [4.69, 9.17) is 18.0 Å². The number of carbonyl (C=O) groups excluding carboxylic acids is 1. The van der Waals surface area contributed by atoms with Crippen LogP contribution in [0, 0.1) is 19.3 Å². The summed E-state index contributed by atoms with van der Waals surface area (Å²) in [5, 5.41) is 3.47. The van der Waals surface area contributed by atoms with Gasteiger partial charge in [0.2, 0.25) is 5.91 Å². The topological polar surface area (TPSA) is 29.1 Å². The minimum absolute atomic E-state index is 0.0207. The van der Waals surface area contributed by atoms with Gasteiger partial charge >= 0.3 is 0 Å². The maximum Gasteiger partial charge on any atom is 0.224 e. The van der Waals surface area contributed by atoms with Crippen molar-refractivity contribution in [2.24, 2.45) is 0 Å². The van der Waals surface area contributed by atoms with Crippen molar-refractivity contribution in [2.45, 2.75) is 32.6 Å². The minimum Gasteiger partial charge on any atom is -0.325 e. The van der Waals surface area contributed by atoms with Gasteiger partial charge in [0.15, 0.2) is 0 Å². The lowest BCUT2D eigenvalue weighted by Gasteiger charge is -2.09. The number of hydrogen-bond acceptors (Lipinski definition) is 1. The Balaban J connectivity index is 2.55. The number of halogens is 2. The Morgan fingerprint density at radius 2 is 2.22 bits per heavy atom. The molecule has 2 nitrogen and oxygen atoms in total. The number of carbonyl (C=O) groups is 1. The van der Waals surface area contributed by atoms with Crippen molar-refractivity contribution in [3.05, 3.63) is 27.2 Å². The molecule has 0 bridgehead atoms. The molecule has 1 rings (SSSR count). The van der Waals surface area contributed by atoms with Crippen LogP contribution in [0.15, 0.2) is 16.6 Å². The van der Waals surface area contributed by atoms with Crippen LogP contribution in [-0.2, 0) is 4.79 Å². The number of benzene rings is 1. The minimum atomic E-state index is -0.0207. The second-order valence-corrected chi connectivity index (χ2v) is 5.30. The largest absolute Gasteiger partial charge is 0.325 e. The fourth-order valence-electron chi connectivity index (χ4n) is 1.47. The van der Waals surface area contributed by atoms with Crippen LogP contribution in [0.1, 0.15) is 31.2 Å². The third-order valence-corrected chi connectivity index (χ3v) is 3.56. The number of rotatable bonds is 5. The number of aryl methyl sites for hydroxylation is 1. The Hall–Kier alpha value is -0.980. The number of anilines is 1. The van der Waals surface area contributed by atoms with E-state index in [1.54, 1.807) is 6.07 Å². The second-order valence-electron chi connectivity index (χ2n) is 4.04. The van der Waals surface area contributed by atoms with Crippen molar-refractivity contribution in [3.8, 4) is 12.3 Å². The van der Waals surface area contributed by atoms with Gasteiger partial charge in [-0.2, -0.15) is 0 Å². The average Bonchev–Trinajstić information content (AvgIpc) is 2.32. The third-order valence-electron chi connectivity index (χ3n) is 2.50. The number of nitrogens with one attached hydrogen (secondary N) is 1. The van der Waals surface area contributed by atoms with Gasteiger partial charge in [0.05, 0.1) is 5.69 Å². The van der Waals surface area contributed by atoms with Gasteiger partial charge < -0.3 is 5.32 Å². The normalized spacial score (nSPS) is 9.89. The first-order valence-corrected chi connectivity index (χ1v) is 6.90. The van der Waals surface area contributed by atoms with Crippen molar-refractivity contribution >= 4 is 39.1 Å². The van der Waals surface area contributed by atoms with E-state index in [2.05, 4.69) is 27.2 Å². The van der Waals surface area contributed by atoms with E-state index in [1.165, 1.54) is 0 Å². The summed E-state index contributed by atoms with van der Waals surface area (Å²) in [6.07, 6.45) is 8.01. The van der Waals surface area contributed by atoms with Gasteiger partial charge in [-0.25, -0.2) is 0 Å². The molecule has 0 fully saturated rings. The fraction of sp³-hybridized carbons (Fsp3) is 0.357. The molecule has 1 amide bonds. The second kappa shape index (κ2) is 7.45. The monoisotopic (exact) mass is 327 g/mol. The molecule has 1 N–H and O–H groups in total. The van der Waals surface area contributed by atoms with E-state index in [0.717, 1.165) is 22.9 Å². The van der Waals surface area contributed by atoms with Crippen LogP contribution in [0.25, 0.3) is 0 Å². The van der Waals surface area contributed by atoms with Crippen LogP contribution >= 0.6 is 27.5 Å². The summed E-state index contributed by atoms with van der Waals surface area (Å²) >= 11 is 9.42. The molecule has 0 saturated heterocycles. The van der Waals surface area contributed by atoms with E-state index < -0.39 is 0 Å². The summed E-state index contributed by atoms with van der Waals surface area (Å²) in [6.45, 7) is 1.92. The highest BCUT2D eigenvalue weighted by atomic mass is 79.9. The highest BCUT2D eigenvalue weighted by Crippen LogP contribution is 2.29. The SMILES string of the molecule is C#CCCCCC(=O)Nc1cc(Cl)c(C)cc1Br. The summed E-state index contributed by atoms with van der Waals surface area (Å²) in [4.78, 5) is 11.7. The maximum atomic E-state index is 11.7. The molecule has 0 heterocycles. The predicted molar refractivity (Wildman–Crippen MR) is 79.8 cm³/mol. The van der Waals surface area contributed by atoms with Crippen molar-refractivity contribution in [3.63, 3.8) is 0 Å². The smallest absolute Gasteiger partial charge is 0.224 e. The van der Waals surface area contributed by atoms with Gasteiger partial charge in [0.1, 0.15) is 0 Å². The molecule has 0 aromatic heterocycles. The zero-order valence-electron chi connectivity index (χ0n) is 10.2. The first-order valence-electron chi connectivity index (χ1n) is 5.73. The lowest BCUT2D eigenvalue weighted by Crippen LogP contribution is -2.11. The van der Waals surface area contributed by atoms with Gasteiger partial charge in [-0.3, -0.25) is 4.79 Å². The van der Waals surface area contributed by atoms with E-state index in [1.807, 2.05) is 13.0 Å². The summed E-state index contributed by atoms with van der Waals surface area (Å²) in [5.41, 5.74) is 1.67. The molecule has 1 aromatic carbocycles. The van der Waals surface area contributed by atoms with Crippen molar-refractivity contribution < 1.29 is 4.79 Å². The van der Waals surface area contributed by atoms with Gasteiger partial charge in [-0.1, -0.05) is 11.6 Å². The Morgan fingerprint density at radius 3 is 2.89 bits per heavy atom. The molecule has 0 aliphatic rings. The zero-order valence-corrected chi connectivity index (χ0v) is 12.6. The lowest BCUT2D eigenvalue weighted by atomic mass is 10.2. The number of amides is 1. The molecule has 0 saturated carbocycles. The molecule has 1 aromatic rings. The van der Waals surface area contributed by atoms with Gasteiger partial charge in [-0.05, 0) is 53.4 Å². The van der Waals surface area contributed by atoms with Crippen LogP contribution in [0.2, 0.25) is 5.02 Å². The summed E-state index contributed by atoms with van der Waals surface area (Å²) in [5.74, 6) is 2.54. The van der Waals surface area contributed by atoms with Crippen LogP contribution in [-0.4, -0.2) is 5.91 Å². The Morgan fingerprint density at radius 1 is 1.50 bits per heavy atom. The van der Waals surface area contributed by atoms with E-state index in [9.17, 15) is 4.79 Å². The molecule has 0 aliphatic heterocycles. The summed E-state index contributed by atoms with van der Waals surface area (Å²) in [7, 11) is 0. The van der Waals surface area contributed by atoms with Crippen LogP contribution in [0.4, 0.5) is 5.69 Å². The van der Waals surface area contributed by atoms with E-state index >= 15 is 0 Å². The first-order chi connectivity index (χ1) is 8.54. The number of terminal acetylenes is 1. The predicted octanol–water partition coefficient (Wildman–Crippen LogP) is 4.54. The van der Waals surface area contributed by atoms with Gasteiger partial charge in [0, 0.05) is 22.3 Å². The maximum absolute atomic E-state index is 11.7. The van der Waals surface area contributed by atoms with Crippen molar-refractivity contribution in [1.82, 2.24) is 0 Å². The Labute approximate surface area is 121 Å². The van der Waals surface area contributed by atoms with Gasteiger partial charge in [0.25, 0.3) is 0 Å². The highest BCUT2D eigenvalue weighted by molar-refractivity contribution is 9.10. The average molecular weight is 329 g/mol. The Bertz CT molecular complexity index is 479. The number of unbranched alkanes of at least 4 members (excludes halogenated alkanes) is 2. The van der Waals surface area contributed by atoms with Crippen molar-refractivity contribution in [2.75, 3.05) is 5.32 Å². The van der Waals surface area contributed by atoms with Crippen LogP contribution in [0.5, 0.6) is 0 Å². The molecule has 0 atom stereocenters. The lowest BCUT2D eigenvalue weighted by molar-refractivity contribution is -0.116. The molecule has 96 valence electrons. The summed E-state index contributed by atoms with van der Waals surface area (Å²) in [6, 6.07) is 3.64. The standard InChI is InChI=1S/C14H15BrClNO/c1-3-4-5-6-7-14(18)17-13-9-12(16)10(2)8-11(13)15/h1,8-9H,4-7H2,2H3,(H,17,18). The van der Waals surface area contributed by atoms with Crippen molar-refractivity contribution in [1.29, 1.82) is 0 Å². The van der Waals surface area contributed by atoms with E-state index in [-0.39, 0.29) is 5.91 Å². The Kier molecular flexibility index (Phi) is 6.24. The molecular weight excluding hydrogens is 314 g/mol. The molecule has 0 radical (unpaired) electrons. The molecule has 4 heteroatoms. The third kappa shape index (κ3) is 4.72. The first kappa shape index (κ1) is 15.1. The van der Waals surface area contributed by atoms with Gasteiger partial charge in [-0.15, -0.1) is 12.3 Å². The molecule has 18 heavy (non-hydrogen) atoms. The fourth-order valence-corrected chi connectivity index (χ4v) is 2.19. The highest BCUT2D eigenvalue weighted by Gasteiger charge is 2.07. The molecule has 0 unspecified atom stereocenters. The van der Waals surface area contributed by atoms with E-state index in [0.29, 0.717) is 23.6 Å². The summed E-state index contributed by atoms with van der Waals surface area (Å²) < 4.78 is 0.835. The number of hydrogen-bond donors (Lipinski definition) is 1.